The minimum absolute atomic E-state index is 0.0810. The van der Waals surface area contributed by atoms with Gasteiger partial charge in [-0.05, 0) is 24.6 Å². The van der Waals surface area contributed by atoms with Crippen molar-refractivity contribution in [3.63, 3.8) is 0 Å². The largest absolute Gasteiger partial charge is 0.394 e. The van der Waals surface area contributed by atoms with Crippen LogP contribution in [0.5, 0.6) is 0 Å². The van der Waals surface area contributed by atoms with Crippen molar-refractivity contribution in [2.24, 2.45) is 0 Å². The highest BCUT2D eigenvalue weighted by Gasteiger charge is 2.37. The van der Waals surface area contributed by atoms with Gasteiger partial charge in [0.25, 0.3) is 0 Å². The molecular formula is C17H21N3O5S2. The maximum absolute atomic E-state index is 12.4. The SMILES string of the molecule is Cc1ncsc1CN1C(=O)COC(c2ccc(NS(C)(=O)=O)cc2)C1CO. The number of anilines is 1. The number of hydrogen-bond donors (Lipinski definition) is 2. The molecule has 0 aliphatic carbocycles. The van der Waals surface area contributed by atoms with Crippen LogP contribution < -0.4 is 4.72 Å². The van der Waals surface area contributed by atoms with E-state index in [1.54, 1.807) is 34.7 Å². The van der Waals surface area contributed by atoms with Crippen molar-refractivity contribution < 1.29 is 23.1 Å². The molecule has 2 atom stereocenters. The maximum Gasteiger partial charge on any atom is 0.249 e. The molecule has 2 heterocycles. The lowest BCUT2D eigenvalue weighted by molar-refractivity contribution is -0.161. The number of aryl methyl sites for hydroxylation is 1. The van der Waals surface area contributed by atoms with Gasteiger partial charge in [0.15, 0.2) is 0 Å². The summed E-state index contributed by atoms with van der Waals surface area (Å²) in [6.45, 7) is 1.92. The fourth-order valence-corrected chi connectivity index (χ4v) is 4.35. The second-order valence-electron chi connectivity index (χ2n) is 6.36. The molecule has 1 aromatic heterocycles. The first-order valence-electron chi connectivity index (χ1n) is 8.27. The Morgan fingerprint density at radius 1 is 1.37 bits per heavy atom. The molecule has 1 aliphatic heterocycles. The van der Waals surface area contributed by atoms with Gasteiger partial charge in [0.1, 0.15) is 12.7 Å². The Labute approximate surface area is 161 Å². The van der Waals surface area contributed by atoms with Crippen LogP contribution in [0.3, 0.4) is 0 Å². The van der Waals surface area contributed by atoms with E-state index in [0.29, 0.717) is 12.2 Å². The van der Waals surface area contributed by atoms with Crippen molar-refractivity contribution in [2.45, 2.75) is 25.6 Å². The quantitative estimate of drug-likeness (QED) is 0.741. The van der Waals surface area contributed by atoms with E-state index in [9.17, 15) is 18.3 Å². The molecular weight excluding hydrogens is 390 g/mol. The number of thiazole rings is 1. The van der Waals surface area contributed by atoms with Gasteiger partial charge < -0.3 is 14.7 Å². The number of nitrogens with one attached hydrogen (secondary N) is 1. The number of hydrogen-bond acceptors (Lipinski definition) is 7. The topological polar surface area (TPSA) is 109 Å². The van der Waals surface area contributed by atoms with E-state index in [4.69, 9.17) is 4.74 Å². The number of aliphatic hydroxyl groups excluding tert-OH is 1. The monoisotopic (exact) mass is 411 g/mol. The van der Waals surface area contributed by atoms with Crippen molar-refractivity contribution in [1.29, 1.82) is 0 Å². The van der Waals surface area contributed by atoms with Crippen molar-refractivity contribution in [2.75, 3.05) is 24.2 Å². The molecule has 1 aliphatic rings. The van der Waals surface area contributed by atoms with Gasteiger partial charge >= 0.3 is 0 Å². The highest BCUT2D eigenvalue weighted by Crippen LogP contribution is 2.31. The van der Waals surface area contributed by atoms with Crippen LogP contribution in [0.25, 0.3) is 0 Å². The number of sulfonamides is 1. The summed E-state index contributed by atoms with van der Waals surface area (Å²) in [6.07, 6.45) is 0.575. The molecule has 27 heavy (non-hydrogen) atoms. The van der Waals surface area contributed by atoms with Gasteiger partial charge in [-0.2, -0.15) is 0 Å². The van der Waals surface area contributed by atoms with Crippen molar-refractivity contribution >= 4 is 33.0 Å². The van der Waals surface area contributed by atoms with E-state index >= 15 is 0 Å². The molecule has 2 unspecified atom stereocenters. The predicted octanol–water partition coefficient (Wildman–Crippen LogP) is 1.28. The third-order valence-electron chi connectivity index (χ3n) is 4.34. The van der Waals surface area contributed by atoms with Crippen LogP contribution in [0.2, 0.25) is 0 Å². The van der Waals surface area contributed by atoms with Crippen molar-refractivity contribution in [3.05, 3.63) is 45.9 Å². The summed E-state index contributed by atoms with van der Waals surface area (Å²) in [5, 5.41) is 9.94. The molecule has 0 radical (unpaired) electrons. The molecule has 8 nitrogen and oxygen atoms in total. The van der Waals surface area contributed by atoms with Gasteiger partial charge in [-0.25, -0.2) is 13.4 Å². The molecule has 1 aromatic carbocycles. The fraction of sp³-hybridized carbons (Fsp3) is 0.412. The average molecular weight is 412 g/mol. The third kappa shape index (κ3) is 4.64. The van der Waals surface area contributed by atoms with Gasteiger partial charge in [0, 0.05) is 10.6 Å². The van der Waals surface area contributed by atoms with E-state index < -0.39 is 22.2 Å². The first-order chi connectivity index (χ1) is 12.8. The average Bonchev–Trinajstić information content (AvgIpc) is 3.01. The minimum Gasteiger partial charge on any atom is -0.394 e. The van der Waals surface area contributed by atoms with Crippen LogP contribution in [-0.4, -0.2) is 54.8 Å². The van der Waals surface area contributed by atoms with Gasteiger partial charge in [-0.15, -0.1) is 11.3 Å². The fourth-order valence-electron chi connectivity index (χ4n) is 3.01. The van der Waals surface area contributed by atoms with Gasteiger partial charge in [-0.1, -0.05) is 12.1 Å². The number of nitrogens with zero attached hydrogens (tertiary/aromatic N) is 2. The third-order valence-corrected chi connectivity index (χ3v) is 5.87. The molecule has 2 N–H and O–H groups in total. The molecule has 0 spiro atoms. The van der Waals surface area contributed by atoms with Gasteiger partial charge in [0.05, 0.1) is 36.7 Å². The molecule has 0 saturated carbocycles. The summed E-state index contributed by atoms with van der Waals surface area (Å²) in [4.78, 5) is 19.2. The van der Waals surface area contributed by atoms with Crippen LogP contribution in [0.4, 0.5) is 5.69 Å². The smallest absolute Gasteiger partial charge is 0.249 e. The number of carbonyl (C=O) groups excluding carboxylic acids is 1. The summed E-state index contributed by atoms with van der Waals surface area (Å²) in [5.41, 5.74) is 3.79. The van der Waals surface area contributed by atoms with Gasteiger partial charge in [-0.3, -0.25) is 9.52 Å². The molecule has 146 valence electrons. The molecule has 10 heteroatoms. The first-order valence-corrected chi connectivity index (χ1v) is 11.0. The van der Waals surface area contributed by atoms with E-state index in [1.807, 2.05) is 6.92 Å². The number of benzene rings is 1. The molecule has 0 bridgehead atoms. The summed E-state index contributed by atoms with van der Waals surface area (Å²) >= 11 is 1.47. The standard InChI is InChI=1S/C17H21N3O5S2/c1-11-15(26-10-18-11)7-20-14(8-21)17(25-9-16(20)22)12-3-5-13(6-4-12)19-27(2,23)24/h3-6,10,14,17,19,21H,7-9H2,1-2H3. The normalized spacial score (nSPS) is 20.7. The Morgan fingerprint density at radius 2 is 2.07 bits per heavy atom. The number of rotatable bonds is 6. The van der Waals surface area contributed by atoms with Crippen LogP contribution in [-0.2, 0) is 26.1 Å². The summed E-state index contributed by atoms with van der Waals surface area (Å²) in [6, 6.07) is 6.17. The summed E-state index contributed by atoms with van der Waals surface area (Å²) in [7, 11) is -3.36. The Kier molecular flexibility index (Phi) is 5.80. The number of morpholine rings is 1. The van der Waals surface area contributed by atoms with Crippen molar-refractivity contribution in [1.82, 2.24) is 9.88 Å². The number of ether oxygens (including phenoxy) is 1. The second-order valence-corrected chi connectivity index (χ2v) is 9.05. The van der Waals surface area contributed by atoms with Crippen LogP contribution in [0, 0.1) is 6.92 Å². The van der Waals surface area contributed by atoms with Crippen LogP contribution in [0.15, 0.2) is 29.8 Å². The Morgan fingerprint density at radius 3 is 2.63 bits per heavy atom. The zero-order chi connectivity index (χ0) is 19.6. The lowest BCUT2D eigenvalue weighted by Crippen LogP contribution is -2.52. The van der Waals surface area contributed by atoms with E-state index in [2.05, 4.69) is 9.71 Å². The van der Waals surface area contributed by atoms with Gasteiger partial charge in [0.2, 0.25) is 15.9 Å². The highest BCUT2D eigenvalue weighted by molar-refractivity contribution is 7.92. The lowest BCUT2D eigenvalue weighted by Gasteiger charge is -2.40. The highest BCUT2D eigenvalue weighted by atomic mass is 32.2. The molecule has 1 saturated heterocycles. The zero-order valence-electron chi connectivity index (χ0n) is 15.0. The molecule has 2 aromatic rings. The lowest BCUT2D eigenvalue weighted by atomic mass is 9.99. The van der Waals surface area contributed by atoms with E-state index in [0.717, 1.165) is 22.4 Å². The van der Waals surface area contributed by atoms with Crippen LogP contribution in [0.1, 0.15) is 22.2 Å². The Hall–Kier alpha value is -2.01. The first kappa shape index (κ1) is 19.7. The molecule has 1 amide bonds. The number of aromatic nitrogens is 1. The van der Waals surface area contributed by atoms with Crippen LogP contribution >= 0.6 is 11.3 Å². The summed E-state index contributed by atoms with van der Waals surface area (Å²) < 4.78 is 30.8. The zero-order valence-corrected chi connectivity index (χ0v) is 16.6. The van der Waals surface area contributed by atoms with E-state index in [1.165, 1.54) is 11.3 Å². The molecule has 1 fully saturated rings. The van der Waals surface area contributed by atoms with E-state index in [-0.39, 0.29) is 19.1 Å². The number of amides is 1. The number of aliphatic hydroxyl groups is 1. The predicted molar refractivity (Wildman–Crippen MR) is 102 cm³/mol. The second kappa shape index (κ2) is 7.93. The number of carbonyl (C=O) groups is 1. The Balaban J connectivity index is 1.82. The van der Waals surface area contributed by atoms with Crippen molar-refractivity contribution in [3.8, 4) is 0 Å². The summed E-state index contributed by atoms with van der Waals surface area (Å²) in [5.74, 6) is -0.187. The minimum atomic E-state index is -3.36. The Bertz CT molecular complexity index is 911. The maximum atomic E-state index is 12.4. The molecule has 3 rings (SSSR count).